The Balaban J connectivity index is 1.71. The van der Waals surface area contributed by atoms with Gasteiger partial charge in [-0.1, -0.05) is 20.8 Å². The van der Waals surface area contributed by atoms with Gasteiger partial charge in [0.05, 0.1) is 0 Å². The molecular weight excluding hydrogens is 260 g/mol. The van der Waals surface area contributed by atoms with Gasteiger partial charge in [-0.05, 0) is 74.7 Å². The van der Waals surface area contributed by atoms with Crippen molar-refractivity contribution in [3.8, 4) is 0 Å². The van der Waals surface area contributed by atoms with Crippen LogP contribution in [-0.2, 0) is 4.79 Å². The fourth-order valence-electron chi connectivity index (χ4n) is 6.53. The van der Waals surface area contributed by atoms with Gasteiger partial charge >= 0.3 is 0 Å². The van der Waals surface area contributed by atoms with E-state index in [1.807, 2.05) is 0 Å². The number of hydrogen-bond acceptors (Lipinski definition) is 2. The maximum atomic E-state index is 12.6. The smallest absolute Gasteiger partial charge is 0.223 e. The average Bonchev–Trinajstić information content (AvgIpc) is 2.30. The van der Waals surface area contributed by atoms with Gasteiger partial charge in [0.2, 0.25) is 5.91 Å². The molecule has 0 aromatic heterocycles. The van der Waals surface area contributed by atoms with Gasteiger partial charge in [0.25, 0.3) is 0 Å². The Labute approximate surface area is 129 Å². The van der Waals surface area contributed by atoms with Gasteiger partial charge in [-0.15, -0.1) is 0 Å². The van der Waals surface area contributed by atoms with Crippen molar-refractivity contribution in [2.75, 3.05) is 6.54 Å². The van der Waals surface area contributed by atoms with E-state index in [0.717, 1.165) is 18.8 Å². The fourth-order valence-corrected chi connectivity index (χ4v) is 6.53. The quantitative estimate of drug-likeness (QED) is 0.817. The molecule has 4 fully saturated rings. The van der Waals surface area contributed by atoms with E-state index in [1.165, 1.54) is 38.5 Å². The van der Waals surface area contributed by atoms with E-state index < -0.39 is 0 Å². The summed E-state index contributed by atoms with van der Waals surface area (Å²) in [5.74, 6) is 1.19. The maximum Gasteiger partial charge on any atom is 0.223 e. The number of nitrogens with two attached hydrogens (primary N) is 1. The summed E-state index contributed by atoms with van der Waals surface area (Å²) in [4.78, 5) is 12.6. The van der Waals surface area contributed by atoms with Crippen LogP contribution < -0.4 is 11.1 Å². The molecule has 0 spiro atoms. The zero-order valence-electron chi connectivity index (χ0n) is 14.0. The maximum absolute atomic E-state index is 12.6. The molecule has 0 aromatic rings. The third kappa shape index (κ3) is 2.86. The summed E-state index contributed by atoms with van der Waals surface area (Å²) >= 11 is 0. The highest BCUT2D eigenvalue weighted by Gasteiger charge is 2.60. The molecule has 21 heavy (non-hydrogen) atoms. The Hall–Kier alpha value is -0.570. The van der Waals surface area contributed by atoms with E-state index in [-0.39, 0.29) is 17.4 Å². The lowest BCUT2D eigenvalue weighted by Gasteiger charge is -2.65. The van der Waals surface area contributed by atoms with Crippen molar-refractivity contribution in [1.82, 2.24) is 5.32 Å². The molecule has 0 radical (unpaired) electrons. The predicted molar refractivity (Wildman–Crippen MR) is 85.7 cm³/mol. The molecule has 4 aliphatic carbocycles. The second kappa shape index (κ2) is 4.97. The van der Waals surface area contributed by atoms with E-state index in [0.29, 0.717) is 17.4 Å². The van der Waals surface area contributed by atoms with Gasteiger partial charge in [0.1, 0.15) is 0 Å². The van der Waals surface area contributed by atoms with Gasteiger partial charge < -0.3 is 11.1 Å². The summed E-state index contributed by atoms with van der Waals surface area (Å²) in [7, 11) is 0. The van der Waals surface area contributed by atoms with Crippen LogP contribution in [0.25, 0.3) is 0 Å². The molecular formula is C18H32N2O. The lowest BCUT2D eigenvalue weighted by Crippen LogP contribution is -2.65. The summed E-state index contributed by atoms with van der Waals surface area (Å²) < 4.78 is 0. The van der Waals surface area contributed by atoms with E-state index in [1.54, 1.807) is 0 Å². The van der Waals surface area contributed by atoms with Crippen molar-refractivity contribution in [1.29, 1.82) is 0 Å². The molecule has 3 unspecified atom stereocenters. The number of carbonyl (C=O) groups is 1. The van der Waals surface area contributed by atoms with E-state index in [4.69, 9.17) is 5.73 Å². The average molecular weight is 292 g/mol. The molecule has 3 atom stereocenters. The Morgan fingerprint density at radius 1 is 1.19 bits per heavy atom. The van der Waals surface area contributed by atoms with Gasteiger partial charge in [-0.2, -0.15) is 0 Å². The third-order valence-electron chi connectivity index (χ3n) is 6.30. The topological polar surface area (TPSA) is 55.1 Å². The van der Waals surface area contributed by atoms with E-state index >= 15 is 0 Å². The van der Waals surface area contributed by atoms with Crippen molar-refractivity contribution >= 4 is 5.91 Å². The monoisotopic (exact) mass is 292 g/mol. The molecule has 4 aliphatic rings. The largest absolute Gasteiger partial charge is 0.350 e. The van der Waals surface area contributed by atoms with E-state index in [9.17, 15) is 4.79 Å². The van der Waals surface area contributed by atoms with Gasteiger partial charge in [0, 0.05) is 11.5 Å². The van der Waals surface area contributed by atoms with Crippen LogP contribution in [0.5, 0.6) is 0 Å². The molecule has 0 heterocycles. The first-order valence-corrected chi connectivity index (χ1v) is 8.79. The predicted octanol–water partition coefficient (Wildman–Crippen LogP) is 3.23. The summed E-state index contributed by atoms with van der Waals surface area (Å²) in [6.45, 7) is 7.64. The zero-order valence-corrected chi connectivity index (χ0v) is 14.0. The van der Waals surface area contributed by atoms with Crippen molar-refractivity contribution in [2.45, 2.75) is 77.7 Å². The highest BCUT2D eigenvalue weighted by molar-refractivity contribution is 5.79. The summed E-state index contributed by atoms with van der Waals surface area (Å²) in [5.41, 5.74) is 6.58. The Morgan fingerprint density at radius 2 is 1.81 bits per heavy atom. The van der Waals surface area contributed by atoms with Crippen molar-refractivity contribution < 1.29 is 4.79 Å². The van der Waals surface area contributed by atoms with Gasteiger partial charge in [-0.3, -0.25) is 4.79 Å². The zero-order chi connectivity index (χ0) is 15.3. The van der Waals surface area contributed by atoms with Crippen LogP contribution in [0.3, 0.4) is 0 Å². The summed E-state index contributed by atoms with van der Waals surface area (Å²) in [5, 5.41) is 3.50. The summed E-state index contributed by atoms with van der Waals surface area (Å²) in [6, 6.07) is 0. The SMILES string of the molecule is CC(CCCN)C(=O)NC12CC3CC(C)(CC(C)(C3)C1)C2. The molecule has 1 amide bonds. The highest BCUT2D eigenvalue weighted by Crippen LogP contribution is 2.66. The number of amides is 1. The highest BCUT2D eigenvalue weighted by atomic mass is 16.2. The molecule has 0 aromatic carbocycles. The standard InChI is InChI=1S/C18H32N2O/c1-13(5-4-6-19)15(21)20-18-9-14-7-16(2,11-18)10-17(3,8-14)12-18/h13-14H,4-12,19H2,1-3H3,(H,20,21). The Kier molecular flexibility index (Phi) is 3.63. The number of hydrogen-bond donors (Lipinski definition) is 2. The number of carbonyl (C=O) groups excluding carboxylic acids is 1. The van der Waals surface area contributed by atoms with Crippen LogP contribution in [0.1, 0.15) is 72.1 Å². The second-order valence-electron chi connectivity index (χ2n) is 9.23. The first-order valence-electron chi connectivity index (χ1n) is 8.79. The molecule has 4 saturated carbocycles. The molecule has 3 nitrogen and oxygen atoms in total. The summed E-state index contributed by atoms with van der Waals surface area (Å²) in [6.07, 6.45) is 9.58. The lowest BCUT2D eigenvalue weighted by molar-refractivity contribution is -0.142. The normalized spacial score (nSPS) is 45.6. The number of rotatable bonds is 5. The van der Waals surface area contributed by atoms with Crippen molar-refractivity contribution in [3.05, 3.63) is 0 Å². The second-order valence-corrected chi connectivity index (χ2v) is 9.23. The minimum absolute atomic E-state index is 0.0942. The van der Waals surface area contributed by atoms with Crippen LogP contribution >= 0.6 is 0 Å². The van der Waals surface area contributed by atoms with Crippen LogP contribution in [0, 0.1) is 22.7 Å². The van der Waals surface area contributed by atoms with Crippen molar-refractivity contribution in [2.24, 2.45) is 28.4 Å². The lowest BCUT2D eigenvalue weighted by atomic mass is 9.42. The first-order chi connectivity index (χ1) is 9.77. The van der Waals surface area contributed by atoms with Crippen LogP contribution in [0.4, 0.5) is 0 Å². The van der Waals surface area contributed by atoms with Gasteiger partial charge in [0.15, 0.2) is 0 Å². The first kappa shape index (κ1) is 15.3. The van der Waals surface area contributed by atoms with E-state index in [2.05, 4.69) is 26.1 Å². The van der Waals surface area contributed by atoms with Crippen LogP contribution in [0.2, 0.25) is 0 Å². The Bertz CT molecular complexity index is 415. The molecule has 3 heteroatoms. The molecule has 4 bridgehead atoms. The Morgan fingerprint density at radius 3 is 2.33 bits per heavy atom. The molecule has 3 N–H and O–H groups in total. The minimum Gasteiger partial charge on any atom is -0.350 e. The van der Waals surface area contributed by atoms with Crippen LogP contribution in [0.15, 0.2) is 0 Å². The molecule has 120 valence electrons. The fraction of sp³-hybridized carbons (Fsp3) is 0.944. The third-order valence-corrected chi connectivity index (χ3v) is 6.30. The van der Waals surface area contributed by atoms with Crippen LogP contribution in [-0.4, -0.2) is 18.0 Å². The molecule has 4 rings (SSSR count). The van der Waals surface area contributed by atoms with Crippen molar-refractivity contribution in [3.63, 3.8) is 0 Å². The molecule has 0 saturated heterocycles. The van der Waals surface area contributed by atoms with Gasteiger partial charge in [-0.25, -0.2) is 0 Å². The molecule has 0 aliphatic heterocycles. The number of nitrogens with one attached hydrogen (secondary N) is 1. The minimum atomic E-state index is 0.0942.